The lowest BCUT2D eigenvalue weighted by Crippen LogP contribution is -2.62. The third-order valence-electron chi connectivity index (χ3n) is 11.5. The highest BCUT2D eigenvalue weighted by Crippen LogP contribution is 2.70. The van der Waals surface area contributed by atoms with E-state index in [1.807, 2.05) is 6.92 Å². The van der Waals surface area contributed by atoms with E-state index in [9.17, 15) is 14.4 Å². The van der Waals surface area contributed by atoms with Crippen LogP contribution in [0.1, 0.15) is 126 Å². The number of ether oxygens (including phenoxy) is 2. The van der Waals surface area contributed by atoms with Crippen LogP contribution in [0.5, 0.6) is 0 Å². The maximum absolute atomic E-state index is 13.7. The van der Waals surface area contributed by atoms with Crippen molar-refractivity contribution in [2.45, 2.75) is 132 Å². The van der Waals surface area contributed by atoms with Crippen LogP contribution in [0.15, 0.2) is 0 Å². The maximum atomic E-state index is 13.7. The molecule has 0 amide bonds. The van der Waals surface area contributed by atoms with Crippen LogP contribution in [0.25, 0.3) is 0 Å². The van der Waals surface area contributed by atoms with E-state index < -0.39 is 11.5 Å². The number of methoxy groups -OCH3 is 1. The van der Waals surface area contributed by atoms with Gasteiger partial charge in [0, 0.05) is 19.3 Å². The predicted molar refractivity (Wildman–Crippen MR) is 151 cm³/mol. The third-order valence-corrected chi connectivity index (χ3v) is 11.5. The molecule has 3 aliphatic rings. The molecule has 0 bridgehead atoms. The van der Waals surface area contributed by atoms with Crippen molar-refractivity contribution in [1.82, 2.24) is 0 Å². The van der Waals surface area contributed by atoms with E-state index in [0.29, 0.717) is 24.5 Å². The van der Waals surface area contributed by atoms with Gasteiger partial charge in [0.1, 0.15) is 17.3 Å². The number of carbonyl (C=O) groups is 3. The first-order valence-electron chi connectivity index (χ1n) is 15.5. The summed E-state index contributed by atoms with van der Waals surface area (Å²) in [5.41, 5.74) is -1.11. The number of rotatable bonds is 11. The monoisotopic (exact) mass is 532 g/mol. The smallest absolute Gasteiger partial charge is 0.315 e. The Balaban J connectivity index is 1.75. The highest BCUT2D eigenvalue weighted by atomic mass is 16.6. The van der Waals surface area contributed by atoms with Crippen molar-refractivity contribution < 1.29 is 23.9 Å². The zero-order valence-corrected chi connectivity index (χ0v) is 25.9. The lowest BCUT2D eigenvalue weighted by atomic mass is 9.42. The first kappa shape index (κ1) is 31.1. The summed E-state index contributed by atoms with van der Waals surface area (Å²) >= 11 is 0. The van der Waals surface area contributed by atoms with Crippen LogP contribution >= 0.6 is 0 Å². The fraction of sp³-hybridized carbons (Fsp3) is 0.909. The molecule has 0 aromatic rings. The van der Waals surface area contributed by atoms with Crippen LogP contribution in [0, 0.1) is 51.8 Å². The summed E-state index contributed by atoms with van der Waals surface area (Å²) in [5, 5.41) is 0. The Morgan fingerprint density at radius 2 is 1.50 bits per heavy atom. The van der Waals surface area contributed by atoms with E-state index in [1.54, 1.807) is 0 Å². The fourth-order valence-corrected chi connectivity index (χ4v) is 9.61. The van der Waals surface area contributed by atoms with Gasteiger partial charge < -0.3 is 9.47 Å². The van der Waals surface area contributed by atoms with Crippen LogP contribution in [0.4, 0.5) is 0 Å². The van der Waals surface area contributed by atoms with Gasteiger partial charge in [-0.25, -0.2) is 0 Å². The third kappa shape index (κ3) is 5.73. The van der Waals surface area contributed by atoms with E-state index in [2.05, 4.69) is 41.5 Å². The molecule has 5 heteroatoms. The number of Topliss-reactive ketones (excluding diaryl/α,β-unsaturated/α-hetero) is 1. The number of fused-ring (bicyclic) bond motifs is 3. The molecule has 218 valence electrons. The zero-order chi connectivity index (χ0) is 28.5. The van der Waals surface area contributed by atoms with Gasteiger partial charge >= 0.3 is 11.9 Å². The van der Waals surface area contributed by atoms with Gasteiger partial charge in [-0.05, 0) is 79.4 Å². The largest absolute Gasteiger partial charge is 0.468 e. The number of esters is 2. The van der Waals surface area contributed by atoms with Gasteiger partial charge in [0.05, 0.1) is 7.11 Å². The second-order valence-electron chi connectivity index (χ2n) is 14.6. The van der Waals surface area contributed by atoms with Crippen LogP contribution in [0.3, 0.4) is 0 Å². The second kappa shape index (κ2) is 12.0. The van der Waals surface area contributed by atoms with Gasteiger partial charge in [0.2, 0.25) is 0 Å². The SMILES string of the molecule is COC(=O)[C@]1(C)[C@@H]2CC[C@]3(C)C(C(C)CCCC(C)CCCC(C)C)C(=O)C[C@H]3[C@@]2(C)CC[C@H]1OC(C)=O. The molecule has 3 unspecified atom stereocenters. The summed E-state index contributed by atoms with van der Waals surface area (Å²) < 4.78 is 11.1. The molecule has 3 rings (SSSR count). The number of ketones is 1. The van der Waals surface area contributed by atoms with Crippen molar-refractivity contribution in [1.29, 1.82) is 0 Å². The standard InChI is InChI=1S/C33H56O5/c1-21(2)12-10-13-22(3)14-11-15-23(4)29-25(35)20-27-31(6)19-17-28(38-24(5)34)33(8,30(36)37-9)26(31)16-18-32(27,29)7/h21-23,26-29H,10-20H2,1-9H3/t22?,23?,26-,27+,28-,29?,31+,32+,33-/m1/s1. The quantitative estimate of drug-likeness (QED) is 0.254. The summed E-state index contributed by atoms with van der Waals surface area (Å²) in [4.78, 5) is 38.9. The van der Waals surface area contributed by atoms with Crippen molar-refractivity contribution in [3.63, 3.8) is 0 Å². The van der Waals surface area contributed by atoms with Crippen molar-refractivity contribution in [3.8, 4) is 0 Å². The fourth-order valence-electron chi connectivity index (χ4n) is 9.61. The van der Waals surface area contributed by atoms with Gasteiger partial charge in [-0.15, -0.1) is 0 Å². The average Bonchev–Trinajstić information content (AvgIpc) is 3.11. The predicted octanol–water partition coefficient (Wildman–Crippen LogP) is 7.79. The highest BCUT2D eigenvalue weighted by Gasteiger charge is 2.69. The van der Waals surface area contributed by atoms with E-state index >= 15 is 0 Å². The number of hydrogen-bond acceptors (Lipinski definition) is 5. The second-order valence-corrected chi connectivity index (χ2v) is 14.6. The van der Waals surface area contributed by atoms with E-state index in [4.69, 9.17) is 9.47 Å². The number of carbonyl (C=O) groups excluding carboxylic acids is 3. The number of hydrogen-bond donors (Lipinski definition) is 0. The molecule has 5 nitrogen and oxygen atoms in total. The molecule has 3 aliphatic carbocycles. The molecule has 0 aliphatic heterocycles. The van der Waals surface area contributed by atoms with Crippen LogP contribution in [0.2, 0.25) is 0 Å². The van der Waals surface area contributed by atoms with E-state index in [-0.39, 0.29) is 40.5 Å². The van der Waals surface area contributed by atoms with Crippen LogP contribution in [-0.2, 0) is 23.9 Å². The lowest BCUT2D eigenvalue weighted by molar-refractivity contribution is -0.210. The van der Waals surface area contributed by atoms with Crippen LogP contribution < -0.4 is 0 Å². The Morgan fingerprint density at radius 1 is 0.895 bits per heavy atom. The summed E-state index contributed by atoms with van der Waals surface area (Å²) in [6.45, 7) is 17.3. The Hall–Kier alpha value is -1.39. The summed E-state index contributed by atoms with van der Waals surface area (Å²) in [6, 6.07) is 0. The maximum Gasteiger partial charge on any atom is 0.315 e. The molecule has 0 aromatic carbocycles. The molecule has 3 fully saturated rings. The molecule has 3 saturated carbocycles. The van der Waals surface area contributed by atoms with Gasteiger partial charge in [-0.3, -0.25) is 14.4 Å². The normalized spacial score (nSPS) is 38.3. The molecule has 0 radical (unpaired) electrons. The molecule has 0 saturated heterocycles. The zero-order valence-electron chi connectivity index (χ0n) is 25.9. The van der Waals surface area contributed by atoms with Gasteiger partial charge in [-0.1, -0.05) is 73.6 Å². The van der Waals surface area contributed by atoms with Gasteiger partial charge in [0.25, 0.3) is 0 Å². The molecule has 0 spiro atoms. The Kier molecular flexibility index (Phi) is 9.84. The molecule has 0 aromatic heterocycles. The lowest BCUT2D eigenvalue weighted by Gasteiger charge is -2.62. The Bertz CT molecular complexity index is 865. The Labute approximate surface area is 232 Å². The Morgan fingerprint density at radius 3 is 2.08 bits per heavy atom. The van der Waals surface area contributed by atoms with E-state index in [1.165, 1.54) is 46.1 Å². The van der Waals surface area contributed by atoms with Gasteiger partial charge in [-0.2, -0.15) is 0 Å². The van der Waals surface area contributed by atoms with Crippen molar-refractivity contribution in [2.75, 3.05) is 7.11 Å². The molecule has 9 atom stereocenters. The minimum Gasteiger partial charge on any atom is -0.468 e. The minimum absolute atomic E-state index is 0.0205. The minimum atomic E-state index is -0.896. The molecular weight excluding hydrogens is 476 g/mol. The topological polar surface area (TPSA) is 69.7 Å². The molecule has 38 heavy (non-hydrogen) atoms. The molecule has 0 N–H and O–H groups in total. The summed E-state index contributed by atoms with van der Waals surface area (Å²) in [6.07, 6.45) is 10.9. The van der Waals surface area contributed by atoms with Crippen molar-refractivity contribution in [2.24, 2.45) is 51.8 Å². The molecular formula is C33H56O5. The van der Waals surface area contributed by atoms with Gasteiger partial charge in [0.15, 0.2) is 0 Å². The van der Waals surface area contributed by atoms with E-state index in [0.717, 1.165) is 37.5 Å². The van der Waals surface area contributed by atoms with Crippen molar-refractivity contribution >= 4 is 17.7 Å². The first-order valence-corrected chi connectivity index (χ1v) is 15.5. The summed E-state index contributed by atoms with van der Waals surface area (Å²) in [5.74, 6) is 2.05. The first-order chi connectivity index (χ1) is 17.7. The van der Waals surface area contributed by atoms with Crippen molar-refractivity contribution in [3.05, 3.63) is 0 Å². The average molecular weight is 533 g/mol. The van der Waals surface area contributed by atoms with Crippen LogP contribution in [-0.4, -0.2) is 30.9 Å². The highest BCUT2D eigenvalue weighted by molar-refractivity contribution is 5.85. The molecule has 0 heterocycles. The summed E-state index contributed by atoms with van der Waals surface area (Å²) in [7, 11) is 1.43.